The van der Waals surface area contributed by atoms with E-state index < -0.39 is 22.7 Å². The normalized spacial score (nSPS) is 18.4. The van der Waals surface area contributed by atoms with E-state index in [1.807, 2.05) is 0 Å². The van der Waals surface area contributed by atoms with Crippen LogP contribution in [0.1, 0.15) is 6.42 Å². The third-order valence-electron chi connectivity index (χ3n) is 3.00. The fourth-order valence-corrected chi connectivity index (χ4v) is 2.97. The van der Waals surface area contributed by atoms with Crippen LogP contribution in [0.5, 0.6) is 0 Å². The first-order valence-electron chi connectivity index (χ1n) is 5.54. The van der Waals surface area contributed by atoms with E-state index in [0.29, 0.717) is 4.47 Å². The van der Waals surface area contributed by atoms with Gasteiger partial charge in [-0.2, -0.15) is 0 Å². The molecule has 1 aliphatic heterocycles. The molecule has 1 atom stereocenters. The summed E-state index contributed by atoms with van der Waals surface area (Å²) in [6.07, 6.45) is -0.0706. The number of carbonyl (C=O) groups excluding carboxylic acids is 2. The molecule has 0 spiro atoms. The number of hydrogen-bond donors (Lipinski definition) is 1. The molecule has 1 fully saturated rings. The Labute approximate surface area is 126 Å². The van der Waals surface area contributed by atoms with Gasteiger partial charge in [-0.15, -0.1) is 0 Å². The Hall–Kier alpha value is -1.67. The van der Waals surface area contributed by atoms with Crippen molar-refractivity contribution in [3.8, 4) is 0 Å². The lowest BCUT2D eigenvalue weighted by molar-refractivity contribution is -0.384. The van der Waals surface area contributed by atoms with Crippen LogP contribution in [0.4, 0.5) is 11.4 Å². The average Bonchev–Trinajstić information content (AvgIpc) is 2.70. The second kappa shape index (κ2) is 5.37. The topological polar surface area (TPSA) is 107 Å². The van der Waals surface area contributed by atoms with E-state index in [-0.39, 0.29) is 29.4 Å². The molecule has 9 heteroatoms. The van der Waals surface area contributed by atoms with Crippen molar-refractivity contribution in [2.24, 2.45) is 11.7 Å². The fraction of sp³-hybridized carbons (Fsp3) is 0.273. The van der Waals surface area contributed by atoms with Crippen LogP contribution >= 0.6 is 27.5 Å². The molecule has 1 aliphatic rings. The Bertz CT molecular complexity index is 622. The lowest BCUT2D eigenvalue weighted by Gasteiger charge is -2.18. The number of nitrogens with zero attached hydrogens (tertiary/aromatic N) is 2. The van der Waals surface area contributed by atoms with Crippen LogP contribution in [0.15, 0.2) is 16.6 Å². The van der Waals surface area contributed by atoms with Gasteiger partial charge in [-0.3, -0.25) is 19.7 Å². The number of hydrogen-bond acceptors (Lipinski definition) is 4. The molecule has 2 N–H and O–H groups in total. The number of nitro groups is 1. The standard InChI is InChI=1S/C11H9BrClN3O4/c12-6-2-7(13)10(8(3-6)16(19)20)15-4-5(11(14)18)1-9(15)17/h2-3,5H,1,4H2,(H2,14,18). The number of amides is 2. The van der Waals surface area contributed by atoms with E-state index in [1.165, 1.54) is 12.1 Å². The number of carbonyl (C=O) groups is 2. The van der Waals surface area contributed by atoms with Crippen molar-refractivity contribution in [3.05, 3.63) is 31.7 Å². The van der Waals surface area contributed by atoms with Gasteiger partial charge in [0, 0.05) is 23.5 Å². The summed E-state index contributed by atoms with van der Waals surface area (Å²) in [4.78, 5) is 34.7. The smallest absolute Gasteiger partial charge is 0.295 e. The van der Waals surface area contributed by atoms with E-state index in [4.69, 9.17) is 17.3 Å². The maximum atomic E-state index is 11.9. The van der Waals surface area contributed by atoms with E-state index in [0.717, 1.165) is 4.90 Å². The number of benzene rings is 1. The van der Waals surface area contributed by atoms with Crippen LogP contribution in [0, 0.1) is 16.0 Å². The molecule has 20 heavy (non-hydrogen) atoms. The van der Waals surface area contributed by atoms with Crippen molar-refractivity contribution in [2.75, 3.05) is 11.4 Å². The Kier molecular flexibility index (Phi) is 3.96. The molecule has 2 amide bonds. The highest BCUT2D eigenvalue weighted by molar-refractivity contribution is 9.10. The van der Waals surface area contributed by atoms with Crippen molar-refractivity contribution in [3.63, 3.8) is 0 Å². The SMILES string of the molecule is NC(=O)C1CC(=O)N(c2c(Cl)cc(Br)cc2[N+](=O)[O-])C1. The van der Waals surface area contributed by atoms with E-state index in [9.17, 15) is 19.7 Å². The van der Waals surface area contributed by atoms with Gasteiger partial charge in [0.1, 0.15) is 5.69 Å². The first-order valence-corrected chi connectivity index (χ1v) is 6.71. The van der Waals surface area contributed by atoms with Gasteiger partial charge in [0.05, 0.1) is 15.9 Å². The molecule has 2 rings (SSSR count). The van der Waals surface area contributed by atoms with Crippen LogP contribution in [0.3, 0.4) is 0 Å². The second-order valence-electron chi connectivity index (χ2n) is 4.32. The minimum absolute atomic E-state index is 0.00361. The van der Waals surface area contributed by atoms with E-state index in [1.54, 1.807) is 0 Å². The summed E-state index contributed by atoms with van der Waals surface area (Å²) < 4.78 is 0.427. The van der Waals surface area contributed by atoms with Crippen LogP contribution in [0.2, 0.25) is 5.02 Å². The Morgan fingerprint density at radius 2 is 2.20 bits per heavy atom. The number of rotatable bonds is 3. The number of anilines is 1. The molecule has 0 saturated carbocycles. The number of halogens is 2. The second-order valence-corrected chi connectivity index (χ2v) is 5.64. The molecule has 0 bridgehead atoms. The lowest BCUT2D eigenvalue weighted by atomic mass is 10.1. The third kappa shape index (κ3) is 2.61. The molecule has 1 heterocycles. The molecule has 7 nitrogen and oxygen atoms in total. The van der Waals surface area contributed by atoms with E-state index in [2.05, 4.69) is 15.9 Å². The third-order valence-corrected chi connectivity index (χ3v) is 3.75. The molecule has 0 aromatic heterocycles. The maximum absolute atomic E-state index is 11.9. The van der Waals surface area contributed by atoms with Gasteiger partial charge in [0.25, 0.3) is 5.69 Å². The summed E-state index contributed by atoms with van der Waals surface area (Å²) in [5.74, 6) is -1.69. The lowest BCUT2D eigenvalue weighted by Crippen LogP contribution is -2.29. The fourth-order valence-electron chi connectivity index (χ4n) is 2.07. The predicted octanol–water partition coefficient (Wildman–Crippen LogP) is 1.85. The van der Waals surface area contributed by atoms with Crippen LogP contribution in [-0.2, 0) is 9.59 Å². The van der Waals surface area contributed by atoms with E-state index >= 15 is 0 Å². The highest BCUT2D eigenvalue weighted by Gasteiger charge is 2.38. The summed E-state index contributed by atoms with van der Waals surface area (Å²) in [6.45, 7) is -0.00361. The van der Waals surface area contributed by atoms with Crippen molar-refractivity contribution in [2.45, 2.75) is 6.42 Å². The molecule has 0 radical (unpaired) electrons. The van der Waals surface area contributed by atoms with Crippen molar-refractivity contribution in [1.29, 1.82) is 0 Å². The van der Waals surface area contributed by atoms with Gasteiger partial charge in [0.2, 0.25) is 11.8 Å². The number of primary amides is 1. The molecular formula is C11H9BrClN3O4. The summed E-state index contributed by atoms with van der Waals surface area (Å²) in [5.41, 5.74) is 4.86. The van der Waals surface area contributed by atoms with Gasteiger partial charge in [-0.05, 0) is 6.07 Å². The Balaban J connectivity index is 2.50. The predicted molar refractivity (Wildman–Crippen MR) is 75.5 cm³/mol. The van der Waals surface area contributed by atoms with Gasteiger partial charge < -0.3 is 10.6 Å². The van der Waals surface area contributed by atoms with Crippen molar-refractivity contribution in [1.82, 2.24) is 0 Å². The Morgan fingerprint density at radius 3 is 2.70 bits per heavy atom. The van der Waals surface area contributed by atoms with Gasteiger partial charge in [-0.25, -0.2) is 0 Å². The van der Waals surface area contributed by atoms with Crippen LogP contribution in [0.25, 0.3) is 0 Å². The largest absolute Gasteiger partial charge is 0.369 e. The van der Waals surface area contributed by atoms with Crippen molar-refractivity contribution < 1.29 is 14.5 Å². The van der Waals surface area contributed by atoms with Gasteiger partial charge >= 0.3 is 0 Å². The van der Waals surface area contributed by atoms with Crippen LogP contribution < -0.4 is 10.6 Å². The first kappa shape index (κ1) is 14.7. The molecule has 1 aromatic carbocycles. The highest BCUT2D eigenvalue weighted by atomic mass is 79.9. The zero-order valence-electron chi connectivity index (χ0n) is 10.0. The number of nitrogens with two attached hydrogens (primary N) is 1. The Morgan fingerprint density at radius 1 is 1.55 bits per heavy atom. The summed E-state index contributed by atoms with van der Waals surface area (Å²) in [6, 6.07) is 2.71. The minimum atomic E-state index is -0.665. The van der Waals surface area contributed by atoms with Crippen LogP contribution in [-0.4, -0.2) is 23.3 Å². The molecule has 1 unspecified atom stereocenters. The maximum Gasteiger partial charge on any atom is 0.295 e. The molecule has 1 saturated heterocycles. The molecule has 106 valence electrons. The molecule has 0 aliphatic carbocycles. The minimum Gasteiger partial charge on any atom is -0.369 e. The summed E-state index contributed by atoms with van der Waals surface area (Å²) in [7, 11) is 0. The quantitative estimate of drug-likeness (QED) is 0.654. The zero-order valence-corrected chi connectivity index (χ0v) is 12.3. The summed E-state index contributed by atoms with van der Waals surface area (Å²) >= 11 is 9.11. The molecular weight excluding hydrogens is 353 g/mol. The van der Waals surface area contributed by atoms with Crippen molar-refractivity contribution >= 4 is 50.7 Å². The molecule has 1 aromatic rings. The monoisotopic (exact) mass is 361 g/mol. The number of nitro benzene ring substituents is 1. The van der Waals surface area contributed by atoms with Gasteiger partial charge in [-0.1, -0.05) is 27.5 Å². The van der Waals surface area contributed by atoms with Gasteiger partial charge in [0.15, 0.2) is 0 Å². The average molecular weight is 363 g/mol. The first-order chi connectivity index (χ1) is 9.31. The summed E-state index contributed by atoms with van der Waals surface area (Å²) in [5, 5.41) is 11.2. The zero-order chi connectivity index (χ0) is 15.0. The highest BCUT2D eigenvalue weighted by Crippen LogP contribution is 2.40.